The fraction of sp³-hybridized carbons (Fsp3) is 0.258. The van der Waals surface area contributed by atoms with Crippen molar-refractivity contribution in [3.05, 3.63) is 95.1 Å². The molecule has 2 atom stereocenters. The van der Waals surface area contributed by atoms with Crippen LogP contribution >= 0.6 is 0 Å². The van der Waals surface area contributed by atoms with Crippen LogP contribution in [-0.2, 0) is 38.7 Å². The normalized spacial score (nSPS) is 13.8. The number of carbonyl (C=O) groups excluding carboxylic acids is 2. The summed E-state index contributed by atoms with van der Waals surface area (Å²) in [6.45, 7) is 0.396. The second-order valence-electron chi connectivity index (χ2n) is 10.1. The van der Waals surface area contributed by atoms with Gasteiger partial charge in [0.15, 0.2) is 6.61 Å². The maximum Gasteiger partial charge on any atom is 0.326 e. The minimum Gasteiger partial charge on any atom is -0.482 e. The SMILES string of the molecule is N=C(N)c1ccc(CN2C(=O)COc3cc(CN[C@@H](Cc4ccccc4)C(=O)N[C@@H](CCC(=O)O)C(=O)O)ccc32)cc1. The number of carboxylic acids is 2. The number of fused-ring (bicyclic) bond motifs is 1. The Kier molecular flexibility index (Phi) is 10.1. The summed E-state index contributed by atoms with van der Waals surface area (Å²) in [7, 11) is 0. The van der Waals surface area contributed by atoms with E-state index in [2.05, 4.69) is 10.6 Å². The molecule has 0 unspecified atom stereocenters. The molecule has 1 heterocycles. The number of rotatable bonds is 14. The first-order valence-corrected chi connectivity index (χ1v) is 13.6. The topological polar surface area (TPSA) is 195 Å². The molecule has 3 aromatic rings. The van der Waals surface area contributed by atoms with E-state index in [0.717, 1.165) is 16.7 Å². The van der Waals surface area contributed by atoms with Crippen LogP contribution in [0.25, 0.3) is 0 Å². The van der Waals surface area contributed by atoms with Crippen molar-refractivity contribution in [1.29, 1.82) is 5.41 Å². The standard InChI is InChI=1S/C31H33N5O7/c32-29(33)22-9-6-20(7-10-22)17-36-25-12-8-21(15-26(25)43-18-27(36)37)16-34-24(14-19-4-2-1-3-5-19)30(40)35-23(31(41)42)11-13-28(38)39/h1-10,12,15,23-24,34H,11,13-14,16-18H2,(H3,32,33)(H,35,40)(H,38,39)(H,41,42)/t23-,24-/m0/s1. The quantitative estimate of drug-likeness (QED) is 0.121. The molecule has 224 valence electrons. The molecule has 0 aliphatic carbocycles. The molecular formula is C31H33N5O7. The Morgan fingerprint density at radius 2 is 1.65 bits per heavy atom. The third-order valence-electron chi connectivity index (χ3n) is 6.99. The molecule has 0 spiro atoms. The van der Waals surface area contributed by atoms with Crippen LogP contribution in [0.4, 0.5) is 5.69 Å². The molecule has 2 amide bonds. The molecule has 0 saturated carbocycles. The van der Waals surface area contributed by atoms with Gasteiger partial charge in [-0.25, -0.2) is 4.79 Å². The van der Waals surface area contributed by atoms with Crippen LogP contribution in [-0.4, -0.2) is 58.5 Å². The Labute approximate surface area is 248 Å². The zero-order valence-corrected chi connectivity index (χ0v) is 23.3. The maximum absolute atomic E-state index is 13.2. The number of hydrogen-bond acceptors (Lipinski definition) is 7. The number of amides is 2. The molecule has 0 radical (unpaired) electrons. The molecule has 12 heteroatoms. The van der Waals surface area contributed by atoms with Crippen molar-refractivity contribution in [3.8, 4) is 5.75 Å². The lowest BCUT2D eigenvalue weighted by Gasteiger charge is -2.30. The first-order chi connectivity index (χ1) is 20.6. The lowest BCUT2D eigenvalue weighted by Crippen LogP contribution is -2.51. The predicted octanol–water partition coefficient (Wildman–Crippen LogP) is 2.03. The predicted molar refractivity (Wildman–Crippen MR) is 158 cm³/mol. The van der Waals surface area contributed by atoms with Crippen LogP contribution in [0, 0.1) is 5.41 Å². The summed E-state index contributed by atoms with van der Waals surface area (Å²) in [6.07, 6.45) is -0.372. The minimum atomic E-state index is -1.34. The van der Waals surface area contributed by atoms with Crippen molar-refractivity contribution < 1.29 is 34.1 Å². The Balaban J connectivity index is 1.48. The van der Waals surface area contributed by atoms with Crippen LogP contribution in [0.1, 0.15) is 35.1 Å². The van der Waals surface area contributed by atoms with Gasteiger partial charge < -0.3 is 36.2 Å². The number of nitrogens with one attached hydrogen (secondary N) is 3. The summed E-state index contributed by atoms with van der Waals surface area (Å²) in [5, 5.41) is 31.7. The molecule has 0 fully saturated rings. The molecule has 0 bridgehead atoms. The van der Waals surface area contributed by atoms with Crippen molar-refractivity contribution in [1.82, 2.24) is 10.6 Å². The first kappa shape index (κ1) is 30.7. The highest BCUT2D eigenvalue weighted by molar-refractivity contribution is 5.98. The van der Waals surface area contributed by atoms with Crippen LogP contribution < -0.4 is 26.0 Å². The summed E-state index contributed by atoms with van der Waals surface area (Å²) in [5.74, 6) is -2.77. The van der Waals surface area contributed by atoms with Gasteiger partial charge in [-0.3, -0.25) is 19.8 Å². The fourth-order valence-electron chi connectivity index (χ4n) is 4.65. The third kappa shape index (κ3) is 8.39. The molecular weight excluding hydrogens is 554 g/mol. The van der Waals surface area contributed by atoms with E-state index in [1.807, 2.05) is 48.5 Å². The Morgan fingerprint density at radius 3 is 2.30 bits per heavy atom. The van der Waals surface area contributed by atoms with E-state index in [-0.39, 0.29) is 37.7 Å². The highest BCUT2D eigenvalue weighted by Crippen LogP contribution is 2.34. The van der Waals surface area contributed by atoms with Gasteiger partial charge in [0.2, 0.25) is 5.91 Å². The Hall–Kier alpha value is -5.23. The van der Waals surface area contributed by atoms with Crippen molar-refractivity contribution in [2.24, 2.45) is 5.73 Å². The number of carboxylic acid groups (broad SMARTS) is 2. The lowest BCUT2D eigenvalue weighted by molar-refractivity contribution is -0.143. The van der Waals surface area contributed by atoms with Crippen LogP contribution in [0.2, 0.25) is 0 Å². The molecule has 43 heavy (non-hydrogen) atoms. The number of hydrogen-bond donors (Lipinski definition) is 6. The van der Waals surface area contributed by atoms with Crippen molar-refractivity contribution in [2.75, 3.05) is 11.5 Å². The average Bonchev–Trinajstić information content (AvgIpc) is 2.99. The van der Waals surface area contributed by atoms with E-state index < -0.39 is 36.4 Å². The monoisotopic (exact) mass is 587 g/mol. The van der Waals surface area contributed by atoms with Gasteiger partial charge in [0.1, 0.15) is 17.6 Å². The Bertz CT molecular complexity index is 1490. The molecule has 3 aromatic carbocycles. The highest BCUT2D eigenvalue weighted by atomic mass is 16.5. The average molecular weight is 588 g/mol. The van der Waals surface area contributed by atoms with Crippen molar-refractivity contribution in [2.45, 2.75) is 44.4 Å². The zero-order chi connectivity index (χ0) is 30.9. The van der Waals surface area contributed by atoms with Crippen molar-refractivity contribution >= 4 is 35.3 Å². The highest BCUT2D eigenvalue weighted by Gasteiger charge is 2.28. The minimum absolute atomic E-state index is 0.0381. The molecule has 0 aromatic heterocycles. The third-order valence-corrected chi connectivity index (χ3v) is 6.99. The molecule has 0 saturated heterocycles. The number of nitrogen functional groups attached to an aromatic ring is 1. The fourth-order valence-corrected chi connectivity index (χ4v) is 4.65. The lowest BCUT2D eigenvalue weighted by atomic mass is 10.0. The second kappa shape index (κ2) is 14.1. The number of amidine groups is 1. The smallest absolute Gasteiger partial charge is 0.326 e. The summed E-state index contributed by atoms with van der Waals surface area (Å²) < 4.78 is 5.71. The Morgan fingerprint density at radius 1 is 0.953 bits per heavy atom. The number of nitrogens with zero attached hydrogens (tertiary/aromatic N) is 1. The van der Waals surface area contributed by atoms with E-state index in [1.165, 1.54) is 0 Å². The van der Waals surface area contributed by atoms with Crippen molar-refractivity contribution in [3.63, 3.8) is 0 Å². The maximum atomic E-state index is 13.2. The van der Waals surface area contributed by atoms with Gasteiger partial charge in [0.05, 0.1) is 18.3 Å². The molecule has 1 aliphatic rings. The van der Waals surface area contributed by atoms with Crippen LogP contribution in [0.3, 0.4) is 0 Å². The van der Waals surface area contributed by atoms with Crippen LogP contribution in [0.5, 0.6) is 5.75 Å². The first-order valence-electron chi connectivity index (χ1n) is 13.6. The van der Waals surface area contributed by atoms with Gasteiger partial charge in [-0.05, 0) is 41.7 Å². The number of aliphatic carboxylic acids is 2. The van der Waals surface area contributed by atoms with Gasteiger partial charge in [-0.2, -0.15) is 0 Å². The van der Waals surface area contributed by atoms with Gasteiger partial charge in [-0.15, -0.1) is 0 Å². The molecule has 1 aliphatic heterocycles. The van der Waals surface area contributed by atoms with Crippen LogP contribution in [0.15, 0.2) is 72.8 Å². The van der Waals surface area contributed by atoms with E-state index in [1.54, 1.807) is 29.2 Å². The van der Waals surface area contributed by atoms with E-state index in [0.29, 0.717) is 23.5 Å². The summed E-state index contributed by atoms with van der Waals surface area (Å²) >= 11 is 0. The van der Waals surface area contributed by atoms with Gasteiger partial charge in [0, 0.05) is 18.5 Å². The van der Waals surface area contributed by atoms with E-state index in [4.69, 9.17) is 21.0 Å². The number of anilines is 1. The van der Waals surface area contributed by atoms with Gasteiger partial charge in [0.25, 0.3) is 5.91 Å². The van der Waals surface area contributed by atoms with E-state index >= 15 is 0 Å². The number of ether oxygens (including phenoxy) is 1. The zero-order valence-electron chi connectivity index (χ0n) is 23.3. The second-order valence-corrected chi connectivity index (χ2v) is 10.1. The summed E-state index contributed by atoms with van der Waals surface area (Å²) in [4.78, 5) is 50.2. The molecule has 4 rings (SSSR count). The number of carbonyl (C=O) groups is 4. The van der Waals surface area contributed by atoms with Gasteiger partial charge in [-0.1, -0.05) is 60.7 Å². The summed E-state index contributed by atoms with van der Waals surface area (Å²) in [6, 6.07) is 19.5. The molecule has 12 nitrogen and oxygen atoms in total. The molecule has 7 N–H and O–H groups in total. The number of benzene rings is 3. The van der Waals surface area contributed by atoms with E-state index in [9.17, 15) is 24.3 Å². The number of nitrogens with two attached hydrogens (primary N) is 1. The summed E-state index contributed by atoms with van der Waals surface area (Å²) in [5.41, 5.74) is 9.20. The largest absolute Gasteiger partial charge is 0.482 e. The van der Waals surface area contributed by atoms with Gasteiger partial charge >= 0.3 is 11.9 Å².